The molecule has 0 spiro atoms. The predicted molar refractivity (Wildman–Crippen MR) is 135 cm³/mol. The van der Waals surface area contributed by atoms with Crippen LogP contribution in [0, 0.1) is 0 Å². The number of carbonyl (C=O) groups excluding carboxylic acids is 3. The second-order valence-electron chi connectivity index (χ2n) is 8.72. The molecule has 0 aliphatic carbocycles. The first-order chi connectivity index (χ1) is 17.6. The Kier molecular flexibility index (Phi) is 11.1. The van der Waals surface area contributed by atoms with Crippen LogP contribution in [0.3, 0.4) is 0 Å². The Morgan fingerprint density at radius 1 is 0.973 bits per heavy atom. The van der Waals surface area contributed by atoms with Gasteiger partial charge in [0.05, 0.1) is 25.9 Å². The highest BCUT2D eigenvalue weighted by molar-refractivity contribution is 14.1. The number of halogens is 1. The first kappa shape index (κ1) is 29.7. The van der Waals surface area contributed by atoms with Crippen LogP contribution in [0.5, 0.6) is 0 Å². The van der Waals surface area contributed by atoms with E-state index < -0.39 is 71.0 Å². The number of benzene rings is 1. The van der Waals surface area contributed by atoms with E-state index >= 15 is 0 Å². The van der Waals surface area contributed by atoms with E-state index in [4.69, 9.17) is 37.9 Å². The fourth-order valence-electron chi connectivity index (χ4n) is 4.31. The molecule has 1 aromatic rings. The molecule has 206 valence electrons. The van der Waals surface area contributed by atoms with E-state index in [1.165, 1.54) is 21.0 Å². The van der Waals surface area contributed by atoms with Gasteiger partial charge in [-0.3, -0.25) is 9.59 Å². The first-order valence-electron chi connectivity index (χ1n) is 11.9. The molecule has 0 bridgehead atoms. The van der Waals surface area contributed by atoms with E-state index in [1.54, 1.807) is 7.11 Å². The molecule has 9 atom stereocenters. The maximum Gasteiger partial charge on any atom is 0.339 e. The Morgan fingerprint density at radius 3 is 2.22 bits per heavy atom. The average molecular weight is 636 g/mol. The second kappa shape index (κ2) is 13.8. The molecule has 12 heteroatoms. The summed E-state index contributed by atoms with van der Waals surface area (Å²) in [6.07, 6.45) is -6.36. The van der Waals surface area contributed by atoms with Gasteiger partial charge in [0.15, 0.2) is 30.9 Å². The summed E-state index contributed by atoms with van der Waals surface area (Å²) < 4.78 is 45.0. The van der Waals surface area contributed by atoms with Crippen molar-refractivity contribution in [3.8, 4) is 0 Å². The third-order valence-corrected chi connectivity index (χ3v) is 7.29. The summed E-state index contributed by atoms with van der Waals surface area (Å²) in [5, 5.41) is 0. The molecule has 2 fully saturated rings. The van der Waals surface area contributed by atoms with Crippen molar-refractivity contribution in [3.63, 3.8) is 0 Å². The van der Waals surface area contributed by atoms with Crippen LogP contribution in [-0.2, 0) is 58.9 Å². The number of hydrogen-bond donors (Lipinski definition) is 0. The molecule has 0 radical (unpaired) electrons. The second-order valence-corrected chi connectivity index (χ2v) is 10.2. The Morgan fingerprint density at radius 2 is 1.62 bits per heavy atom. The molecule has 2 heterocycles. The number of hydrogen-bond acceptors (Lipinski definition) is 11. The lowest BCUT2D eigenvalue weighted by Crippen LogP contribution is -2.63. The van der Waals surface area contributed by atoms with Crippen LogP contribution in [0.25, 0.3) is 0 Å². The van der Waals surface area contributed by atoms with Crippen LogP contribution in [-0.4, -0.2) is 85.3 Å². The normalized spacial score (nSPS) is 33.8. The lowest BCUT2D eigenvalue weighted by Gasteiger charge is -2.46. The lowest BCUT2D eigenvalue weighted by molar-refractivity contribution is -0.311. The molecule has 2 aliphatic rings. The molecule has 1 aromatic carbocycles. The minimum absolute atomic E-state index is 0.336. The van der Waals surface area contributed by atoms with Crippen molar-refractivity contribution in [3.05, 3.63) is 35.9 Å². The molecule has 0 amide bonds. The van der Waals surface area contributed by atoms with E-state index in [-0.39, 0.29) is 0 Å². The standard InChI is InChI=1S/C25H33IO11/c1-13-20(17(11-18(30-4)33-13)32-12-16-9-7-6-8-10-16)36-25-19(26)21(34-14(2)27)22(35-15(3)28)23(37-25)24(29)31-5/h6-10,13,17-23,25H,11-12H2,1-5H3/t13-,17-,18+,19+,20-,21-,22+,23+,25+/m1/s1. The van der Waals surface area contributed by atoms with Crippen LogP contribution >= 0.6 is 22.6 Å². The fourth-order valence-corrected chi connectivity index (χ4v) is 5.20. The first-order valence-corrected chi connectivity index (χ1v) is 13.1. The van der Waals surface area contributed by atoms with Gasteiger partial charge in [-0.2, -0.15) is 0 Å². The van der Waals surface area contributed by atoms with Crippen LogP contribution < -0.4 is 0 Å². The SMILES string of the molecule is COC(=O)[C@H]1O[C@H](O[C@@H]2[C@@H](C)O[C@H](OC)C[C@H]2OCc2ccccc2)[C@@H](I)[C@@H](OC(C)=O)[C@@H]1OC(C)=O. The highest BCUT2D eigenvalue weighted by atomic mass is 127. The van der Waals surface area contributed by atoms with Gasteiger partial charge in [-0.05, 0) is 12.5 Å². The van der Waals surface area contributed by atoms with E-state index in [9.17, 15) is 14.4 Å². The Hall–Kier alpha value is -1.84. The van der Waals surface area contributed by atoms with Gasteiger partial charge in [0, 0.05) is 27.4 Å². The van der Waals surface area contributed by atoms with E-state index in [2.05, 4.69) is 0 Å². The molecule has 0 unspecified atom stereocenters. The van der Waals surface area contributed by atoms with Gasteiger partial charge >= 0.3 is 17.9 Å². The Balaban J connectivity index is 1.85. The summed E-state index contributed by atoms with van der Waals surface area (Å²) in [7, 11) is 2.73. The molecule has 0 aromatic heterocycles. The summed E-state index contributed by atoms with van der Waals surface area (Å²) in [6.45, 7) is 4.57. The zero-order chi connectivity index (χ0) is 27.1. The average Bonchev–Trinajstić information content (AvgIpc) is 2.87. The molecule has 0 saturated carbocycles. The van der Waals surface area contributed by atoms with Crippen molar-refractivity contribution in [2.75, 3.05) is 14.2 Å². The maximum atomic E-state index is 12.6. The number of esters is 3. The van der Waals surface area contributed by atoms with Crippen molar-refractivity contribution in [2.45, 2.75) is 86.9 Å². The lowest BCUT2D eigenvalue weighted by atomic mass is 9.99. The summed E-state index contributed by atoms with van der Waals surface area (Å²) in [5.74, 6) is -2.09. The fraction of sp³-hybridized carbons (Fsp3) is 0.640. The van der Waals surface area contributed by atoms with Gasteiger partial charge in [-0.25, -0.2) is 4.79 Å². The maximum absolute atomic E-state index is 12.6. The van der Waals surface area contributed by atoms with Crippen LogP contribution in [0.4, 0.5) is 0 Å². The largest absolute Gasteiger partial charge is 0.467 e. The minimum atomic E-state index is -1.38. The molecule has 0 N–H and O–H groups in total. The molecule has 2 saturated heterocycles. The highest BCUT2D eigenvalue weighted by Crippen LogP contribution is 2.36. The Labute approximate surface area is 229 Å². The van der Waals surface area contributed by atoms with Gasteiger partial charge in [-0.1, -0.05) is 52.9 Å². The van der Waals surface area contributed by atoms with E-state index in [1.807, 2.05) is 59.8 Å². The summed E-state index contributed by atoms with van der Waals surface area (Å²) >= 11 is 2.00. The van der Waals surface area contributed by atoms with Gasteiger partial charge in [-0.15, -0.1) is 0 Å². The third-order valence-electron chi connectivity index (χ3n) is 6.00. The van der Waals surface area contributed by atoms with Crippen molar-refractivity contribution in [2.24, 2.45) is 0 Å². The molecular formula is C25H33IO11. The Bertz CT molecular complexity index is 913. The van der Waals surface area contributed by atoms with E-state index in [0.29, 0.717) is 13.0 Å². The van der Waals surface area contributed by atoms with Gasteiger partial charge in [0.2, 0.25) is 0 Å². The van der Waals surface area contributed by atoms with Crippen molar-refractivity contribution >= 4 is 40.5 Å². The number of alkyl halides is 1. The number of carbonyl (C=O) groups is 3. The molecule has 2 aliphatic heterocycles. The summed E-state index contributed by atoms with van der Waals surface area (Å²) in [5.41, 5.74) is 0.986. The number of methoxy groups -OCH3 is 2. The van der Waals surface area contributed by atoms with Crippen molar-refractivity contribution in [1.29, 1.82) is 0 Å². The van der Waals surface area contributed by atoms with E-state index in [0.717, 1.165) is 5.56 Å². The third kappa shape index (κ3) is 7.83. The molecule has 3 rings (SSSR count). The summed E-state index contributed by atoms with van der Waals surface area (Å²) in [4.78, 5) is 36.3. The predicted octanol–water partition coefficient (Wildman–Crippen LogP) is 2.30. The smallest absolute Gasteiger partial charge is 0.339 e. The number of rotatable bonds is 9. The quantitative estimate of drug-likeness (QED) is 0.172. The van der Waals surface area contributed by atoms with Gasteiger partial charge in [0.1, 0.15) is 10.0 Å². The molecule has 37 heavy (non-hydrogen) atoms. The van der Waals surface area contributed by atoms with Crippen molar-refractivity contribution in [1.82, 2.24) is 0 Å². The van der Waals surface area contributed by atoms with Crippen molar-refractivity contribution < 1.29 is 52.3 Å². The van der Waals surface area contributed by atoms with Gasteiger partial charge in [0.25, 0.3) is 0 Å². The monoisotopic (exact) mass is 636 g/mol. The van der Waals surface area contributed by atoms with Crippen LogP contribution in [0.2, 0.25) is 0 Å². The number of ether oxygens (including phenoxy) is 8. The summed E-state index contributed by atoms with van der Waals surface area (Å²) in [6, 6.07) is 9.69. The molecule has 11 nitrogen and oxygen atoms in total. The van der Waals surface area contributed by atoms with Crippen LogP contribution in [0.1, 0.15) is 32.8 Å². The highest BCUT2D eigenvalue weighted by Gasteiger charge is 2.54. The van der Waals surface area contributed by atoms with Gasteiger partial charge < -0.3 is 37.9 Å². The zero-order valence-corrected chi connectivity index (χ0v) is 23.5. The minimum Gasteiger partial charge on any atom is -0.467 e. The van der Waals surface area contributed by atoms with Crippen LogP contribution in [0.15, 0.2) is 30.3 Å². The molecular weight excluding hydrogens is 603 g/mol. The zero-order valence-electron chi connectivity index (χ0n) is 21.4. The topological polar surface area (TPSA) is 125 Å².